The molecule has 45 nitrogen and oxygen atoms in total. The second-order valence-corrected chi connectivity index (χ2v) is 36.2. The van der Waals surface area contributed by atoms with E-state index in [0.29, 0.717) is 54.4 Å². The summed E-state index contributed by atoms with van der Waals surface area (Å²) in [7, 11) is -29.0. The maximum atomic E-state index is 14.9. The van der Waals surface area contributed by atoms with E-state index in [4.69, 9.17) is 60.0 Å². The van der Waals surface area contributed by atoms with Gasteiger partial charge >= 0.3 is 54.5 Å². The van der Waals surface area contributed by atoms with Crippen molar-refractivity contribution in [3.05, 3.63) is 295 Å². The van der Waals surface area contributed by atoms with Crippen LogP contribution in [0.4, 0.5) is 46.3 Å². The number of hydrogen-bond acceptors (Lipinski definition) is 39. The molecule has 10 aromatic carbocycles. The SMILES string of the molecule is Cn1c(=O)c(C(=O)c2ccccc2)c2c3c(c(Nc4ccc(S(=O)(=O)O)c(Cc5nc(NCCCCCCNc6nc(Nc7ccc(S(=O)(=O)O)c(Nc8ccc9c%10c8C(=O)c8ccccc8-c%10c(C(=O)c8cccc(S(=O)(=O)O)c8)c(=O)n9C)c7)nc(Oc7ccc(S(=O)(=O)O)cc7)n6)nc(Oc6ccccc6)n5)c4)ccc31)C(=O)c1ccccc1-2.O=S(=O)=O.O=S(=O)=O.O=S(=O)=O.O=S(=O)=O. The van der Waals surface area contributed by atoms with Gasteiger partial charge in [-0.15, -0.1) is 50.5 Å². The van der Waals surface area contributed by atoms with E-state index >= 15 is 0 Å². The largest absolute Gasteiger partial charge is 0.425 e. The van der Waals surface area contributed by atoms with E-state index in [2.05, 4.69) is 56.5 Å². The molecule has 16 rings (SSSR count). The Morgan fingerprint density at radius 2 is 0.775 bits per heavy atom. The normalized spacial score (nSPS) is 11.6. The number of anilines is 8. The number of para-hydroxylation sites is 1. The van der Waals surface area contributed by atoms with Gasteiger partial charge in [-0.25, -0.2) is 0 Å². The van der Waals surface area contributed by atoms with Gasteiger partial charge in [0.15, 0.2) is 23.1 Å². The van der Waals surface area contributed by atoms with Crippen molar-refractivity contribution in [2.45, 2.75) is 51.7 Å². The molecule has 9 N–H and O–H groups in total. The van der Waals surface area contributed by atoms with Crippen molar-refractivity contribution < 1.29 is 131 Å². The first kappa shape index (κ1) is 101. The second kappa shape index (κ2) is 42.7. The number of carbonyl (C=O) groups is 4. The fraction of sp³-hybridized carbons (Fsp3) is 0.106. The number of carbonyl (C=O) groups excluding carboxylic acids is 4. The Hall–Kier alpha value is -16.0. The lowest BCUT2D eigenvalue weighted by atomic mass is 9.80. The molecule has 14 aromatic rings. The number of ether oxygens (including phenoxy) is 2. The minimum Gasteiger partial charge on any atom is -0.424 e. The van der Waals surface area contributed by atoms with Crippen LogP contribution in [-0.4, -0.2) is 178 Å². The van der Waals surface area contributed by atoms with Crippen LogP contribution in [0, 0.1) is 0 Å². The van der Waals surface area contributed by atoms with Crippen molar-refractivity contribution in [2.75, 3.05) is 39.7 Å². The fourth-order valence-corrected chi connectivity index (χ4v) is 17.1. The zero-order chi connectivity index (χ0) is 100. The molecule has 138 heavy (non-hydrogen) atoms. The Bertz CT molecular complexity index is 8360. The molecule has 2 aliphatic carbocycles. The lowest BCUT2D eigenvalue weighted by molar-refractivity contribution is 0.102. The van der Waals surface area contributed by atoms with Gasteiger partial charge in [-0.05, 0) is 139 Å². The van der Waals surface area contributed by atoms with E-state index in [0.717, 1.165) is 34.9 Å². The van der Waals surface area contributed by atoms with E-state index in [1.165, 1.54) is 97.5 Å². The summed E-state index contributed by atoms with van der Waals surface area (Å²) >= 11 is 0. The maximum Gasteiger partial charge on any atom is 0.425 e. The molecule has 0 amide bonds. The molecule has 0 aliphatic heterocycles. The monoisotopic (exact) mass is 2040 g/mol. The Morgan fingerprint density at radius 3 is 1.26 bits per heavy atom. The Kier molecular flexibility index (Phi) is 31.3. The molecule has 0 saturated heterocycles. The third kappa shape index (κ3) is 24.2. The molecule has 0 bridgehead atoms. The first-order valence-corrected chi connectivity index (χ1v) is 49.0. The number of fused-ring (bicyclic) bond motifs is 4. The summed E-state index contributed by atoms with van der Waals surface area (Å²) in [6, 6.07) is 51.9. The van der Waals surface area contributed by atoms with Crippen molar-refractivity contribution in [1.82, 2.24) is 39.0 Å². The van der Waals surface area contributed by atoms with Crippen LogP contribution in [0.1, 0.15) is 101 Å². The van der Waals surface area contributed by atoms with Gasteiger partial charge in [0.25, 0.3) is 51.6 Å². The summed E-state index contributed by atoms with van der Waals surface area (Å²) in [5, 5.41) is 16.0. The second-order valence-electron chi connectivity index (χ2n) is 29.0. The van der Waals surface area contributed by atoms with E-state index in [1.54, 1.807) is 109 Å². The van der Waals surface area contributed by atoms with Gasteiger partial charge in [0.2, 0.25) is 17.8 Å². The van der Waals surface area contributed by atoms with Crippen molar-refractivity contribution in [2.24, 2.45) is 14.1 Å². The van der Waals surface area contributed by atoms with Crippen molar-refractivity contribution in [1.29, 1.82) is 0 Å². The first-order valence-electron chi connectivity index (χ1n) is 39.2. The van der Waals surface area contributed by atoms with Gasteiger partial charge in [0, 0.05) is 89.1 Å². The highest BCUT2D eigenvalue weighted by molar-refractivity contribution is 7.86. The third-order valence-corrected chi connectivity index (χ3v) is 23.9. The minimum atomic E-state index is -5.09. The highest BCUT2D eigenvalue weighted by Gasteiger charge is 2.38. The molecule has 0 unspecified atom stereocenters. The minimum absolute atomic E-state index is 0.00872. The molecule has 0 atom stereocenters. The molecule has 0 spiro atoms. The number of nitrogens with one attached hydrogen (secondary N) is 5. The number of benzene rings is 10. The number of aromatic nitrogens is 8. The zero-order valence-electron chi connectivity index (χ0n) is 70.3. The fourth-order valence-electron chi connectivity index (χ4n) is 14.7. The number of aryl methyl sites for hydroxylation is 2. The third-order valence-electron chi connectivity index (χ3n) is 20.3. The average Bonchev–Trinajstić information content (AvgIpc) is 0.708. The molecule has 0 fully saturated rings. The van der Waals surface area contributed by atoms with Crippen LogP contribution < -0.4 is 47.2 Å². The molecule has 0 radical (unpaired) electrons. The van der Waals surface area contributed by atoms with Gasteiger partial charge in [-0.1, -0.05) is 122 Å². The summed E-state index contributed by atoms with van der Waals surface area (Å²) in [5.41, 5.74) is -0.179. The van der Waals surface area contributed by atoms with E-state index in [1.807, 2.05) is 0 Å². The van der Waals surface area contributed by atoms with Crippen LogP contribution in [-0.2, 0) is 103 Å². The maximum absolute atomic E-state index is 14.9. The zero-order valence-corrected chi connectivity index (χ0v) is 76.8. The molecule has 4 heterocycles. The molecule has 4 aromatic heterocycles. The van der Waals surface area contributed by atoms with Crippen molar-refractivity contribution in [3.63, 3.8) is 0 Å². The van der Waals surface area contributed by atoms with Gasteiger partial charge in [-0.3, -0.25) is 47.0 Å². The number of hydrogen-bond donors (Lipinski definition) is 9. The van der Waals surface area contributed by atoms with Crippen LogP contribution >= 0.6 is 0 Å². The molecule has 0 saturated carbocycles. The number of nitrogens with zero attached hydrogens (tertiary/aromatic N) is 8. The predicted octanol–water partition coefficient (Wildman–Crippen LogP) is 9.11. The summed E-state index contributed by atoms with van der Waals surface area (Å²) in [6.45, 7) is 0.546. The van der Waals surface area contributed by atoms with Crippen molar-refractivity contribution in [3.8, 4) is 45.8 Å². The van der Waals surface area contributed by atoms with Crippen LogP contribution in [0.25, 0.3) is 44.1 Å². The van der Waals surface area contributed by atoms with Gasteiger partial charge in [0.1, 0.15) is 22.2 Å². The predicted molar refractivity (Wildman–Crippen MR) is 488 cm³/mol. The highest BCUT2D eigenvalue weighted by atomic mass is 32.2. The first-order chi connectivity index (χ1) is 65.2. The summed E-state index contributed by atoms with van der Waals surface area (Å²) in [4.78, 5) is 112. The van der Waals surface area contributed by atoms with Gasteiger partial charge < -0.3 is 45.2 Å². The number of rotatable bonds is 29. The number of unbranched alkanes of at least 4 members (excludes halogenated alkanes) is 3. The van der Waals surface area contributed by atoms with Crippen LogP contribution in [0.3, 0.4) is 0 Å². The summed E-state index contributed by atoms with van der Waals surface area (Å²) in [6.07, 6.45) is 1.96. The van der Waals surface area contributed by atoms with E-state index in [9.17, 15) is 80.6 Å². The van der Waals surface area contributed by atoms with E-state index in [-0.39, 0.29) is 155 Å². The van der Waals surface area contributed by atoms with Crippen LogP contribution in [0.5, 0.6) is 23.5 Å². The van der Waals surface area contributed by atoms with Gasteiger partial charge in [0.05, 0.1) is 65.0 Å². The van der Waals surface area contributed by atoms with Crippen molar-refractivity contribution >= 4 is 174 Å². The Morgan fingerprint density at radius 1 is 0.362 bits per heavy atom. The summed E-state index contributed by atoms with van der Waals surface area (Å²) in [5.74, 6) is -2.39. The van der Waals surface area contributed by atoms with Gasteiger partial charge in [-0.2, -0.15) is 63.6 Å². The molecular weight excluding hydrogens is 1970 g/mol. The molecular formula is C85H65N13O32S8. The highest BCUT2D eigenvalue weighted by Crippen LogP contribution is 2.47. The quantitative estimate of drug-likeness (QED) is 0.0120. The molecule has 53 heteroatoms. The van der Waals surface area contributed by atoms with Crippen LogP contribution in [0.2, 0.25) is 0 Å². The molecule has 2 aliphatic rings. The lowest BCUT2D eigenvalue weighted by Gasteiger charge is -2.26. The molecule has 710 valence electrons. The number of ketones is 4. The van der Waals surface area contributed by atoms with E-state index < -0.39 is 142 Å². The lowest BCUT2D eigenvalue weighted by Crippen LogP contribution is -2.29. The summed E-state index contributed by atoms with van der Waals surface area (Å²) < 4.78 is 258. The van der Waals surface area contributed by atoms with Crippen LogP contribution in [0.15, 0.2) is 248 Å². The average molecular weight is 2040 g/mol. The Balaban J connectivity index is 0.000000992. The Labute approximate surface area is 785 Å². The number of pyridine rings is 2. The standard InChI is InChI=1S/C85H65N13O20S4.4O3S/c1-97-62-36-34-59(69-71(62)67(55-24-11-13-26-57(55)77(69)101)73(79(97)103)75(99)46-18-7-5-8-19-46)88-49-28-38-64(121(111,112)113)48(42-49)44-66-91-81(94-84(92-66)117-51-21-9-6-10-22-51)86-40-15-3-4-16-41-87-82-93-83(96-85(95-82)118-52-30-32-53(33-31-52)119(105,106)107)89-50-29-39-65(122(114,115)116)61(45-50)90-60-35-37-63-72-68(56-25-12-14-27-58(56)78(102)70(60)72)74(80(104)98(63)2)76(100)47-20-17-23-54(43-47)120(108,109)110;4*1-4(2)3/h5-14,17-39,42-43,45,88,90H,3-4,15-16,40-41,44H2,1-2H3,(H,105,106,107)(H,108,109,110)(H,111,112,113)(H,114,115,116)(H,86,91,92,94)(H2,87,89,93,95,96);;;;. The topological polar surface area (TPSA) is 691 Å². The smallest absolute Gasteiger partial charge is 0.424 e.